The van der Waals surface area contributed by atoms with Gasteiger partial charge < -0.3 is 10.1 Å². The molecule has 1 saturated carbocycles. The maximum absolute atomic E-state index is 13.8. The molecule has 0 heterocycles. The minimum absolute atomic E-state index is 0.00203. The summed E-state index contributed by atoms with van der Waals surface area (Å²) >= 11 is 0. The van der Waals surface area contributed by atoms with Crippen molar-refractivity contribution in [3.05, 3.63) is 106 Å². The van der Waals surface area contributed by atoms with E-state index in [0.29, 0.717) is 11.6 Å². The molecule has 0 aliphatic heterocycles. The molecule has 0 spiro atoms. The molecule has 194 valence electrons. The molecule has 4 rings (SSSR count). The summed E-state index contributed by atoms with van der Waals surface area (Å²) in [6.45, 7) is 8.71. The molecule has 0 radical (unpaired) electrons. The van der Waals surface area contributed by atoms with E-state index in [0.717, 1.165) is 30.4 Å². The van der Waals surface area contributed by atoms with Crippen molar-refractivity contribution in [2.75, 3.05) is 5.32 Å². The summed E-state index contributed by atoms with van der Waals surface area (Å²) in [6.07, 6.45) is 2.71. The molecule has 6 nitrogen and oxygen atoms in total. The number of hydrogen-bond donors (Lipinski definition) is 1. The third-order valence-electron chi connectivity index (χ3n) is 7.80. The molecule has 3 aromatic carbocycles. The second-order valence-corrected chi connectivity index (χ2v) is 10.9. The smallest absolute Gasteiger partial charge is 0.333 e. The quantitative estimate of drug-likeness (QED) is 0.198. The van der Waals surface area contributed by atoms with E-state index < -0.39 is 11.0 Å². The molecular formula is C31H36N2O4. The van der Waals surface area contributed by atoms with Crippen molar-refractivity contribution in [1.82, 2.24) is 0 Å². The lowest BCUT2D eigenvalue weighted by Gasteiger charge is -2.44. The Morgan fingerprint density at radius 3 is 2.27 bits per heavy atom. The lowest BCUT2D eigenvalue weighted by molar-refractivity contribution is -0.384. The number of nitrogens with one attached hydrogen (secondary N) is 1. The van der Waals surface area contributed by atoms with E-state index >= 15 is 0 Å². The van der Waals surface area contributed by atoms with Gasteiger partial charge in [0.25, 0.3) is 5.69 Å². The predicted molar refractivity (Wildman–Crippen MR) is 146 cm³/mol. The summed E-state index contributed by atoms with van der Waals surface area (Å²) < 4.78 is 6.35. The number of rotatable bonds is 8. The second kappa shape index (κ2) is 11.2. The van der Waals surface area contributed by atoms with Crippen molar-refractivity contribution in [3.63, 3.8) is 0 Å². The highest BCUT2D eigenvalue weighted by Crippen LogP contribution is 2.44. The van der Waals surface area contributed by atoms with Gasteiger partial charge in [-0.2, -0.15) is 0 Å². The van der Waals surface area contributed by atoms with E-state index in [1.54, 1.807) is 12.1 Å². The van der Waals surface area contributed by atoms with E-state index in [4.69, 9.17) is 4.74 Å². The Balaban J connectivity index is 1.61. The number of hydrogen-bond acceptors (Lipinski definition) is 5. The van der Waals surface area contributed by atoms with Crippen LogP contribution in [0.4, 0.5) is 11.4 Å². The zero-order valence-corrected chi connectivity index (χ0v) is 22.0. The van der Waals surface area contributed by atoms with E-state index in [1.807, 2.05) is 37.3 Å². The van der Waals surface area contributed by atoms with Crippen molar-refractivity contribution in [2.24, 2.45) is 11.8 Å². The molecular weight excluding hydrogens is 464 g/mol. The number of benzene rings is 3. The van der Waals surface area contributed by atoms with Gasteiger partial charge in [-0.25, -0.2) is 4.79 Å². The molecule has 4 atom stereocenters. The summed E-state index contributed by atoms with van der Waals surface area (Å²) in [5.41, 5.74) is 3.59. The van der Waals surface area contributed by atoms with E-state index in [-0.39, 0.29) is 29.1 Å². The molecule has 1 aliphatic carbocycles. The maximum atomic E-state index is 13.8. The van der Waals surface area contributed by atoms with Gasteiger partial charge in [0.1, 0.15) is 6.10 Å². The zero-order valence-electron chi connectivity index (χ0n) is 22.0. The summed E-state index contributed by atoms with van der Waals surface area (Å²) in [5.74, 6) is 0.323. The van der Waals surface area contributed by atoms with E-state index in [1.165, 1.54) is 17.7 Å². The Morgan fingerprint density at radius 2 is 1.65 bits per heavy atom. The number of ether oxygens (including phenoxy) is 1. The molecule has 0 bridgehead atoms. The molecule has 6 heteroatoms. The van der Waals surface area contributed by atoms with Crippen LogP contribution >= 0.6 is 0 Å². The second-order valence-electron chi connectivity index (χ2n) is 10.9. The molecule has 37 heavy (non-hydrogen) atoms. The predicted octanol–water partition coefficient (Wildman–Crippen LogP) is 7.38. The Hall–Kier alpha value is -3.67. The van der Waals surface area contributed by atoms with Gasteiger partial charge in [0.15, 0.2) is 6.04 Å². The minimum atomic E-state index is -0.736. The van der Waals surface area contributed by atoms with Gasteiger partial charge >= 0.3 is 5.97 Å². The average Bonchev–Trinajstić information content (AvgIpc) is 2.88. The molecule has 1 fully saturated rings. The number of non-ortho nitro benzene ring substituents is 1. The summed E-state index contributed by atoms with van der Waals surface area (Å²) in [6, 6.07) is 23.6. The maximum Gasteiger partial charge on any atom is 0.333 e. The van der Waals surface area contributed by atoms with Crippen molar-refractivity contribution in [3.8, 4) is 0 Å². The number of nitro groups is 1. The first-order valence-corrected chi connectivity index (χ1v) is 13.0. The SMILES string of the molecule is Cc1ccc([C@@H](Nc2ccc([N+](=O)[O-])cc2)C(=O)O[C@@H]2C[C@H](C)CC[C@H]2C(C)(C)c2ccccc2)cc1. The molecule has 1 N–H and O–H groups in total. The fraction of sp³-hybridized carbons (Fsp3) is 0.387. The van der Waals surface area contributed by atoms with Crippen LogP contribution in [0.2, 0.25) is 0 Å². The van der Waals surface area contributed by atoms with E-state index in [9.17, 15) is 14.9 Å². The number of aryl methyl sites for hydroxylation is 1. The molecule has 0 amide bonds. The Labute approximate surface area is 219 Å². The largest absolute Gasteiger partial charge is 0.460 e. The van der Waals surface area contributed by atoms with Crippen molar-refractivity contribution < 1.29 is 14.5 Å². The monoisotopic (exact) mass is 500 g/mol. The zero-order chi connectivity index (χ0) is 26.6. The number of esters is 1. The first kappa shape index (κ1) is 26.4. The van der Waals surface area contributed by atoms with Gasteiger partial charge in [-0.15, -0.1) is 0 Å². The molecule has 1 aliphatic rings. The highest BCUT2D eigenvalue weighted by atomic mass is 16.6. The van der Waals surface area contributed by atoms with Gasteiger partial charge in [-0.1, -0.05) is 87.4 Å². The van der Waals surface area contributed by atoms with Crippen molar-refractivity contribution in [2.45, 2.75) is 64.5 Å². The normalized spacial score (nSPS) is 20.6. The van der Waals surface area contributed by atoms with Crippen LogP contribution in [-0.2, 0) is 14.9 Å². The van der Waals surface area contributed by atoms with E-state index in [2.05, 4.69) is 50.4 Å². The lowest BCUT2D eigenvalue weighted by atomic mass is 9.64. The minimum Gasteiger partial charge on any atom is -0.460 e. The molecule has 0 saturated heterocycles. The van der Waals surface area contributed by atoms with Crippen LogP contribution in [0.5, 0.6) is 0 Å². The number of anilines is 1. The summed E-state index contributed by atoms with van der Waals surface area (Å²) in [7, 11) is 0. The molecule has 0 aromatic heterocycles. The van der Waals surface area contributed by atoms with Crippen LogP contribution in [0.15, 0.2) is 78.9 Å². The highest BCUT2D eigenvalue weighted by Gasteiger charge is 2.42. The van der Waals surface area contributed by atoms with Gasteiger partial charge in [0, 0.05) is 23.7 Å². The summed E-state index contributed by atoms with van der Waals surface area (Å²) in [4.78, 5) is 24.4. The Morgan fingerprint density at radius 1 is 1.00 bits per heavy atom. The van der Waals surface area contributed by atoms with Crippen LogP contribution in [0.1, 0.15) is 62.8 Å². The number of carbonyl (C=O) groups is 1. The van der Waals surface area contributed by atoms with Crippen LogP contribution < -0.4 is 5.32 Å². The van der Waals surface area contributed by atoms with Crippen LogP contribution in [0, 0.1) is 28.9 Å². The Kier molecular flexibility index (Phi) is 7.96. The summed E-state index contributed by atoms with van der Waals surface area (Å²) in [5, 5.41) is 14.3. The van der Waals surface area contributed by atoms with Gasteiger partial charge in [-0.3, -0.25) is 10.1 Å². The standard InChI is InChI=1S/C31H36N2O4/c1-21-10-13-23(14-11-21)29(32-25-15-17-26(18-16-25)33(35)36)30(34)37-28-20-22(2)12-19-27(28)31(3,4)24-8-6-5-7-9-24/h5-11,13-18,22,27-29,32H,12,19-20H2,1-4H3/t22-,27-,28-,29-/m1/s1. The third-order valence-corrected chi connectivity index (χ3v) is 7.80. The highest BCUT2D eigenvalue weighted by molar-refractivity contribution is 5.81. The van der Waals surface area contributed by atoms with Gasteiger partial charge in [0.05, 0.1) is 4.92 Å². The topological polar surface area (TPSA) is 81.5 Å². The lowest BCUT2D eigenvalue weighted by Crippen LogP contribution is -2.44. The van der Waals surface area contributed by atoms with Crippen molar-refractivity contribution in [1.29, 1.82) is 0 Å². The molecule has 3 aromatic rings. The number of nitro benzene ring substituents is 1. The number of carbonyl (C=O) groups excluding carboxylic acids is 1. The van der Waals surface area contributed by atoms with Crippen LogP contribution in [-0.4, -0.2) is 17.0 Å². The third kappa shape index (κ3) is 6.19. The molecule has 0 unspecified atom stereocenters. The van der Waals surface area contributed by atoms with Crippen LogP contribution in [0.3, 0.4) is 0 Å². The van der Waals surface area contributed by atoms with Crippen molar-refractivity contribution >= 4 is 17.3 Å². The first-order chi connectivity index (χ1) is 17.6. The average molecular weight is 501 g/mol. The number of nitrogens with zero attached hydrogens (tertiary/aromatic N) is 1. The Bertz CT molecular complexity index is 1210. The first-order valence-electron chi connectivity index (χ1n) is 13.0. The fourth-order valence-electron chi connectivity index (χ4n) is 5.47. The fourth-order valence-corrected chi connectivity index (χ4v) is 5.47. The van der Waals surface area contributed by atoms with Gasteiger partial charge in [0.2, 0.25) is 0 Å². The van der Waals surface area contributed by atoms with Crippen LogP contribution in [0.25, 0.3) is 0 Å². The van der Waals surface area contributed by atoms with Gasteiger partial charge in [-0.05, 0) is 54.4 Å².